The molecule has 3 heteroatoms. The lowest BCUT2D eigenvalue weighted by Crippen LogP contribution is -2.29. The summed E-state index contributed by atoms with van der Waals surface area (Å²) in [6, 6.07) is 109. The molecule has 0 N–H and O–H groups in total. The average molecular weight is 1980 g/mol. The van der Waals surface area contributed by atoms with Crippen molar-refractivity contribution >= 4 is 0 Å². The van der Waals surface area contributed by atoms with Gasteiger partial charge in [-0.2, -0.15) is 0 Å². The Morgan fingerprint density at radius 2 is 0.347 bits per heavy atom. The molecule has 1 heterocycles. The van der Waals surface area contributed by atoms with E-state index >= 15 is 0 Å². The zero-order chi connectivity index (χ0) is 106. The first kappa shape index (κ1) is 110. The molecule has 0 saturated heterocycles. The molecular weight excluding hydrogens is 1810 g/mol. The van der Waals surface area contributed by atoms with Gasteiger partial charge in [0.1, 0.15) is 0 Å². The maximum absolute atomic E-state index is 4.94. The van der Waals surface area contributed by atoms with Crippen LogP contribution in [0.15, 0.2) is 279 Å². The summed E-state index contributed by atoms with van der Waals surface area (Å²) < 4.78 is 0. The van der Waals surface area contributed by atoms with Gasteiger partial charge in [-0.3, -0.25) is 0 Å². The van der Waals surface area contributed by atoms with Crippen molar-refractivity contribution in [2.45, 2.75) is 355 Å². The van der Waals surface area contributed by atoms with Crippen molar-refractivity contribution in [3.8, 4) is 101 Å². The summed E-state index contributed by atoms with van der Waals surface area (Å²) in [7, 11) is 0. The van der Waals surface area contributed by atoms with Crippen LogP contribution in [0.3, 0.4) is 0 Å². The lowest BCUT2D eigenvalue weighted by molar-refractivity contribution is 0.556. The van der Waals surface area contributed by atoms with Crippen molar-refractivity contribution in [1.82, 2.24) is 15.0 Å². The van der Waals surface area contributed by atoms with Crippen LogP contribution in [0.1, 0.15) is 363 Å². The van der Waals surface area contributed by atoms with E-state index in [2.05, 4.69) is 424 Å². The number of rotatable bonds is 42. The van der Waals surface area contributed by atoms with Crippen molar-refractivity contribution in [3.05, 3.63) is 440 Å². The fraction of sp³-hybridized carbons (Fsp3) is 0.367. The van der Waals surface area contributed by atoms with Crippen LogP contribution in [0.2, 0.25) is 0 Å². The number of benzene rings is 15. The monoisotopic (exact) mass is 1980 g/mol. The Bertz CT molecular complexity index is 6470. The van der Waals surface area contributed by atoms with E-state index in [-0.39, 0.29) is 0 Å². The molecule has 0 unspecified atom stereocenters. The van der Waals surface area contributed by atoms with Crippen LogP contribution in [-0.2, 0) is 42.9 Å². The topological polar surface area (TPSA) is 38.7 Å². The molecule has 15 aromatic carbocycles. The minimum Gasteiger partial charge on any atom is -0.208 e. The molecule has 0 atom stereocenters. The highest BCUT2D eigenvalue weighted by Gasteiger charge is 2.49. The number of nitrogens with zero attached hydrogens (tertiary/aromatic N) is 3. The van der Waals surface area contributed by atoms with Gasteiger partial charge in [0.25, 0.3) is 0 Å². The highest BCUT2D eigenvalue weighted by molar-refractivity contribution is 5.94. The molecule has 0 fully saturated rings. The molecule has 774 valence electrons. The fourth-order valence-electron chi connectivity index (χ4n) is 25.3. The molecule has 2 aliphatic carbocycles. The summed E-state index contributed by atoms with van der Waals surface area (Å²) in [6.07, 6.45) is 39.9. The highest BCUT2D eigenvalue weighted by atomic mass is 15.0. The maximum Gasteiger partial charge on any atom is 0.164 e. The van der Waals surface area contributed by atoms with Gasteiger partial charge in [-0.05, 0) is 417 Å². The zero-order valence-electron chi connectivity index (χ0n) is 95.3. The summed E-state index contributed by atoms with van der Waals surface area (Å²) in [6.45, 7) is 47.1. The van der Waals surface area contributed by atoms with Crippen molar-refractivity contribution in [1.29, 1.82) is 0 Å². The normalized spacial score (nSPS) is 12.4. The van der Waals surface area contributed by atoms with Crippen LogP contribution < -0.4 is 0 Å². The number of hydrogen-bond donors (Lipinski definition) is 0. The molecule has 3 nitrogen and oxygen atoms in total. The number of fused-ring (bicyclic) bond motifs is 6. The van der Waals surface area contributed by atoms with E-state index in [0.29, 0.717) is 0 Å². The molecule has 2 aliphatic rings. The fourth-order valence-corrected chi connectivity index (χ4v) is 25.3. The van der Waals surface area contributed by atoms with Crippen LogP contribution in [0, 0.1) is 111 Å². The minimum atomic E-state index is -0.475. The van der Waals surface area contributed by atoms with Gasteiger partial charge in [0.05, 0.1) is 10.8 Å². The summed E-state index contributed by atoms with van der Waals surface area (Å²) >= 11 is 0. The standard InChI is InChI=1S/2C55H62.C37H47N3/c2*1-9-11-13-15-17-43-19-25-47(26-20-43)55(48-27-21-44(22-28-48)18-16-14-12-10-2)51-35-45(53-39(5)31-37(3)32-40(53)6)23-29-49(51)50-30-24-46(36-52(50)55)54-41(7)33-38(4)34-42(54)8;1-6-7-8-9-10-11-12-13-14-15-16-31-19-23-32(24-20-31)35-38-36(33-21-17-27(2)29(4)25-33)40-37(39-35)34-22-18-28(3)30(5)26-34/h2*19-36H,9-18H2,1-8H3;17-26H,6-16H2,1-5H3. The third-order valence-corrected chi connectivity index (χ3v) is 33.2. The van der Waals surface area contributed by atoms with E-state index < -0.39 is 10.8 Å². The molecule has 0 bridgehead atoms. The Hall–Kier alpha value is -12.7. The van der Waals surface area contributed by atoms with Gasteiger partial charge in [0.2, 0.25) is 0 Å². The molecule has 0 amide bonds. The minimum absolute atomic E-state index is 0.475. The van der Waals surface area contributed by atoms with Gasteiger partial charge in [-0.15, -0.1) is 0 Å². The molecule has 0 spiro atoms. The van der Waals surface area contributed by atoms with E-state index in [4.69, 9.17) is 15.0 Å². The molecule has 16 aromatic rings. The van der Waals surface area contributed by atoms with E-state index in [0.717, 1.165) is 66.3 Å². The zero-order valence-corrected chi connectivity index (χ0v) is 95.3. The Morgan fingerprint density at radius 1 is 0.160 bits per heavy atom. The largest absolute Gasteiger partial charge is 0.208 e. The van der Waals surface area contributed by atoms with Gasteiger partial charge in [-0.25, -0.2) is 15.0 Å². The van der Waals surface area contributed by atoms with Crippen LogP contribution in [-0.4, -0.2) is 15.0 Å². The summed E-state index contributed by atoms with van der Waals surface area (Å²) in [5, 5.41) is 0. The molecule has 0 aliphatic heterocycles. The predicted octanol–water partition coefficient (Wildman–Crippen LogP) is 41.5. The van der Waals surface area contributed by atoms with Crippen LogP contribution in [0.25, 0.3) is 101 Å². The van der Waals surface area contributed by atoms with Crippen molar-refractivity contribution < 1.29 is 0 Å². The average Bonchev–Trinajstić information content (AvgIpc) is 1.54. The lowest BCUT2D eigenvalue weighted by atomic mass is 9.66. The number of unbranched alkanes of at least 4 members (excludes halogenated alkanes) is 21. The molecule has 0 radical (unpaired) electrons. The van der Waals surface area contributed by atoms with E-state index in [1.165, 1.54) is 395 Å². The Kier molecular flexibility index (Phi) is 37.7. The second kappa shape index (κ2) is 51.4. The quantitative estimate of drug-likeness (QED) is 0.0358. The Balaban J connectivity index is 0.000000163. The smallest absolute Gasteiger partial charge is 0.164 e. The number of hydrogen-bond acceptors (Lipinski definition) is 3. The summed E-state index contributed by atoms with van der Waals surface area (Å²) in [4.78, 5) is 14.8. The van der Waals surface area contributed by atoms with Gasteiger partial charge >= 0.3 is 0 Å². The molecule has 150 heavy (non-hydrogen) atoms. The van der Waals surface area contributed by atoms with E-state index in [1.54, 1.807) is 0 Å². The third kappa shape index (κ3) is 25.2. The van der Waals surface area contributed by atoms with Crippen molar-refractivity contribution in [2.24, 2.45) is 0 Å². The first-order chi connectivity index (χ1) is 72.7. The van der Waals surface area contributed by atoms with Gasteiger partial charge in [-0.1, -0.05) is 434 Å². The second-order valence-corrected chi connectivity index (χ2v) is 45.2. The third-order valence-electron chi connectivity index (χ3n) is 33.2. The Morgan fingerprint density at radius 3 is 0.567 bits per heavy atom. The summed E-state index contributed by atoms with van der Waals surface area (Å²) in [5.41, 5.74) is 57.3. The van der Waals surface area contributed by atoms with Crippen molar-refractivity contribution in [2.75, 3.05) is 0 Å². The second-order valence-electron chi connectivity index (χ2n) is 45.2. The van der Waals surface area contributed by atoms with Gasteiger partial charge in [0, 0.05) is 16.7 Å². The SMILES string of the molecule is CCCCCCCCCCCCc1ccc(-c2nc(-c3ccc(C)c(C)c3)nc(-c3ccc(C)c(C)c3)n2)cc1.CCCCCCc1ccc(C2(c3ccc(CCCCCC)cc3)c3cc(-c4c(C)cc(C)cc4C)ccc3-c3ccc(-c4c(C)cc(C)cc4C)cc32)cc1.CCCCCCc1ccc(C2(c3ccc(CCCCCC)cc3)c3cc(-c4c(C)cc(C)cc4C)ccc3-c3ccc(-c4c(C)cc(C)cc4C)cc32)cc1. The first-order valence-corrected chi connectivity index (χ1v) is 58.0. The molecule has 18 rings (SSSR count). The van der Waals surface area contributed by atoms with Crippen LogP contribution >= 0.6 is 0 Å². The molecule has 1 aromatic heterocycles. The van der Waals surface area contributed by atoms with E-state index in [1.807, 2.05) is 0 Å². The lowest BCUT2D eigenvalue weighted by Gasteiger charge is -2.35. The van der Waals surface area contributed by atoms with E-state index in [9.17, 15) is 0 Å². The number of aryl methyl sites for hydroxylation is 21. The molecule has 0 saturated carbocycles. The van der Waals surface area contributed by atoms with Gasteiger partial charge in [0.15, 0.2) is 17.5 Å². The number of aromatic nitrogens is 3. The first-order valence-electron chi connectivity index (χ1n) is 58.0. The maximum atomic E-state index is 4.94. The highest BCUT2D eigenvalue weighted by Crippen LogP contribution is 2.61. The predicted molar refractivity (Wildman–Crippen MR) is 648 cm³/mol. The molecular formula is C147H171N3. The van der Waals surface area contributed by atoms with Crippen LogP contribution in [0.4, 0.5) is 0 Å². The Labute approximate surface area is 905 Å². The van der Waals surface area contributed by atoms with Crippen LogP contribution in [0.5, 0.6) is 0 Å². The summed E-state index contributed by atoms with van der Waals surface area (Å²) in [5.74, 6) is 2.16. The van der Waals surface area contributed by atoms with Gasteiger partial charge < -0.3 is 0 Å². The van der Waals surface area contributed by atoms with Crippen molar-refractivity contribution in [3.63, 3.8) is 0 Å².